The summed E-state index contributed by atoms with van der Waals surface area (Å²) in [5, 5.41) is 2.62. The molecule has 0 spiro atoms. The third-order valence-electron chi connectivity index (χ3n) is 4.25. The van der Waals surface area contributed by atoms with Crippen LogP contribution in [-0.4, -0.2) is 67.0 Å². The van der Waals surface area contributed by atoms with E-state index in [-0.39, 0.29) is 26.9 Å². The highest BCUT2D eigenvalue weighted by Crippen LogP contribution is 2.23. The number of halogens is 1. The fourth-order valence-corrected chi connectivity index (χ4v) is 4.55. The molecule has 1 amide bonds. The number of hydrogen-bond acceptors (Lipinski definition) is 7. The minimum Gasteiger partial charge on any atom is -0.465 e. The zero-order chi connectivity index (χ0) is 24.3. The largest absolute Gasteiger partial charge is 0.465 e. The predicted molar refractivity (Wildman–Crippen MR) is 121 cm³/mol. The lowest BCUT2D eigenvalue weighted by Crippen LogP contribution is -2.37. The number of nitrogens with one attached hydrogen (secondary N) is 1. The van der Waals surface area contributed by atoms with Crippen molar-refractivity contribution < 1.29 is 31.2 Å². The van der Waals surface area contributed by atoms with Crippen LogP contribution in [0.5, 0.6) is 0 Å². The van der Waals surface area contributed by atoms with Crippen molar-refractivity contribution in [2.24, 2.45) is 0 Å². The van der Waals surface area contributed by atoms with E-state index in [9.17, 15) is 26.4 Å². The first-order valence-electron chi connectivity index (χ1n) is 8.95. The second kappa shape index (κ2) is 9.86. The van der Waals surface area contributed by atoms with Crippen LogP contribution in [0.2, 0.25) is 5.02 Å². The standard InChI is InChI=1S/C19H22ClN3O7S2/c1-22(2)32(28,29)15-8-6-14(7-9-15)23(31(4,26)27)12-18(24)21-13-5-10-17(20)16(11-13)19(25)30-3/h5-11H,12H2,1-4H3,(H,21,24). The van der Waals surface area contributed by atoms with Crippen molar-refractivity contribution in [3.63, 3.8) is 0 Å². The van der Waals surface area contributed by atoms with E-state index in [4.69, 9.17) is 11.6 Å². The molecule has 0 aliphatic carbocycles. The van der Waals surface area contributed by atoms with Crippen molar-refractivity contribution in [1.29, 1.82) is 0 Å². The Balaban J connectivity index is 2.27. The Labute approximate surface area is 191 Å². The molecule has 2 aromatic rings. The summed E-state index contributed by atoms with van der Waals surface area (Å²) in [6.07, 6.45) is 0.919. The van der Waals surface area contributed by atoms with Crippen molar-refractivity contribution in [3.8, 4) is 0 Å². The summed E-state index contributed by atoms with van der Waals surface area (Å²) in [6.45, 7) is -0.588. The molecule has 2 rings (SSSR count). The Morgan fingerprint density at radius 3 is 2.12 bits per heavy atom. The highest BCUT2D eigenvalue weighted by Gasteiger charge is 2.23. The summed E-state index contributed by atoms with van der Waals surface area (Å²) in [6, 6.07) is 9.23. The number of sulfonamides is 2. The van der Waals surface area contributed by atoms with Gasteiger partial charge in [-0.3, -0.25) is 9.10 Å². The summed E-state index contributed by atoms with van der Waals surface area (Å²) in [5.41, 5.74) is 0.344. The number of amides is 1. The Morgan fingerprint density at radius 2 is 1.62 bits per heavy atom. The van der Waals surface area contributed by atoms with Crippen molar-refractivity contribution in [1.82, 2.24) is 4.31 Å². The van der Waals surface area contributed by atoms with Gasteiger partial charge in [0.1, 0.15) is 6.54 Å². The van der Waals surface area contributed by atoms with Crippen molar-refractivity contribution >= 4 is 54.9 Å². The van der Waals surface area contributed by atoms with Gasteiger partial charge in [0, 0.05) is 19.8 Å². The molecule has 0 aliphatic rings. The monoisotopic (exact) mass is 503 g/mol. The minimum absolute atomic E-state index is 0.0272. The summed E-state index contributed by atoms with van der Waals surface area (Å²) in [4.78, 5) is 24.3. The molecule has 10 nitrogen and oxygen atoms in total. The van der Waals surface area contributed by atoms with Gasteiger partial charge in [-0.1, -0.05) is 11.6 Å². The zero-order valence-electron chi connectivity index (χ0n) is 17.7. The van der Waals surface area contributed by atoms with Gasteiger partial charge in [0.15, 0.2) is 0 Å². The van der Waals surface area contributed by atoms with Gasteiger partial charge in [0.25, 0.3) is 0 Å². The second-order valence-electron chi connectivity index (χ2n) is 6.79. The molecule has 0 fully saturated rings. The third kappa shape index (κ3) is 5.97. The van der Waals surface area contributed by atoms with Gasteiger partial charge in [0.2, 0.25) is 26.0 Å². The fourth-order valence-electron chi connectivity index (χ4n) is 2.60. The average molecular weight is 504 g/mol. The number of nitrogens with zero attached hydrogens (tertiary/aromatic N) is 2. The molecule has 0 atom stereocenters. The summed E-state index contributed by atoms with van der Waals surface area (Å²) in [7, 11) is -3.65. The fraction of sp³-hybridized carbons (Fsp3) is 0.263. The molecular weight excluding hydrogens is 482 g/mol. The van der Waals surface area contributed by atoms with Crippen molar-refractivity contribution in [3.05, 3.63) is 53.1 Å². The van der Waals surface area contributed by atoms with Gasteiger partial charge in [-0.05, 0) is 42.5 Å². The van der Waals surface area contributed by atoms with Gasteiger partial charge in [-0.15, -0.1) is 0 Å². The number of benzene rings is 2. The van der Waals surface area contributed by atoms with Gasteiger partial charge >= 0.3 is 5.97 Å². The number of methoxy groups -OCH3 is 1. The van der Waals surface area contributed by atoms with Crippen LogP contribution in [-0.2, 0) is 29.6 Å². The Kier molecular flexibility index (Phi) is 7.88. The molecule has 0 aliphatic heterocycles. The Bertz CT molecular complexity index is 1230. The van der Waals surface area contributed by atoms with Gasteiger partial charge in [0.05, 0.1) is 34.5 Å². The number of carbonyl (C=O) groups excluding carboxylic acids is 2. The maximum atomic E-state index is 12.5. The summed E-state index contributed by atoms with van der Waals surface area (Å²) in [5.74, 6) is -1.39. The van der Waals surface area contributed by atoms with E-state index in [1.54, 1.807) is 0 Å². The SMILES string of the molecule is COC(=O)c1cc(NC(=O)CN(c2ccc(S(=O)(=O)N(C)C)cc2)S(C)(=O)=O)ccc1Cl. The third-order valence-corrected chi connectivity index (χ3v) is 7.55. The molecule has 0 aromatic heterocycles. The molecule has 0 saturated carbocycles. The number of ether oxygens (including phenoxy) is 1. The number of esters is 1. The van der Waals surface area contributed by atoms with Crippen LogP contribution < -0.4 is 9.62 Å². The maximum absolute atomic E-state index is 12.5. The molecule has 0 saturated heterocycles. The maximum Gasteiger partial charge on any atom is 0.339 e. The molecule has 1 N–H and O–H groups in total. The number of anilines is 2. The lowest BCUT2D eigenvalue weighted by molar-refractivity contribution is -0.114. The van der Waals surface area contributed by atoms with Gasteiger partial charge in [-0.25, -0.2) is 25.9 Å². The molecule has 174 valence electrons. The lowest BCUT2D eigenvalue weighted by atomic mass is 10.2. The smallest absolute Gasteiger partial charge is 0.339 e. The summed E-state index contributed by atoms with van der Waals surface area (Å²) < 4.78 is 55.4. The lowest BCUT2D eigenvalue weighted by Gasteiger charge is -2.22. The van der Waals surface area contributed by atoms with E-state index in [0.717, 1.165) is 14.9 Å². The second-order valence-corrected chi connectivity index (χ2v) is 11.3. The first-order valence-corrected chi connectivity index (χ1v) is 12.6. The topological polar surface area (TPSA) is 130 Å². The molecule has 0 bridgehead atoms. The average Bonchev–Trinajstić information content (AvgIpc) is 2.72. The molecule has 0 heterocycles. The highest BCUT2D eigenvalue weighted by atomic mass is 35.5. The Hall–Kier alpha value is -2.67. The van der Waals surface area contributed by atoms with E-state index in [1.165, 1.54) is 63.7 Å². The van der Waals surface area contributed by atoms with E-state index >= 15 is 0 Å². The quantitative estimate of drug-likeness (QED) is 0.543. The Morgan fingerprint density at radius 1 is 1.03 bits per heavy atom. The van der Waals surface area contributed by atoms with E-state index in [0.29, 0.717) is 0 Å². The van der Waals surface area contributed by atoms with Gasteiger partial charge in [-0.2, -0.15) is 0 Å². The van der Waals surface area contributed by atoms with Crippen molar-refractivity contribution in [2.45, 2.75) is 4.90 Å². The van der Waals surface area contributed by atoms with E-state index in [2.05, 4.69) is 10.1 Å². The van der Waals surface area contributed by atoms with Gasteiger partial charge < -0.3 is 10.1 Å². The van der Waals surface area contributed by atoms with Crippen LogP contribution in [0.1, 0.15) is 10.4 Å². The molecule has 32 heavy (non-hydrogen) atoms. The number of rotatable bonds is 8. The van der Waals surface area contributed by atoms with Crippen LogP contribution in [0.3, 0.4) is 0 Å². The molecule has 2 aromatic carbocycles. The molecular formula is C19H22ClN3O7S2. The molecule has 13 heteroatoms. The molecule has 0 radical (unpaired) electrons. The molecule has 0 unspecified atom stereocenters. The van der Waals surface area contributed by atoms with Crippen molar-refractivity contribution in [2.75, 3.05) is 43.6 Å². The highest BCUT2D eigenvalue weighted by molar-refractivity contribution is 7.92. The normalized spacial score (nSPS) is 11.8. The predicted octanol–water partition coefficient (Wildman–Crippen LogP) is 1.78. The van der Waals surface area contributed by atoms with Crippen LogP contribution >= 0.6 is 11.6 Å². The van der Waals surface area contributed by atoms with E-state index in [1.807, 2.05) is 0 Å². The number of carbonyl (C=O) groups is 2. The summed E-state index contributed by atoms with van der Waals surface area (Å²) >= 11 is 5.95. The van der Waals surface area contributed by atoms with Crippen LogP contribution in [0.4, 0.5) is 11.4 Å². The first-order chi connectivity index (χ1) is 14.8. The van der Waals surface area contributed by atoms with Crippen LogP contribution in [0.25, 0.3) is 0 Å². The van der Waals surface area contributed by atoms with Crippen LogP contribution in [0.15, 0.2) is 47.4 Å². The number of hydrogen-bond donors (Lipinski definition) is 1. The van der Waals surface area contributed by atoms with E-state index < -0.39 is 38.5 Å². The van der Waals surface area contributed by atoms with Crippen LogP contribution in [0, 0.1) is 0 Å². The first kappa shape index (κ1) is 25.6. The zero-order valence-corrected chi connectivity index (χ0v) is 20.1. The minimum atomic E-state index is -3.88.